The van der Waals surface area contributed by atoms with Crippen LogP contribution < -0.4 is 4.90 Å². The summed E-state index contributed by atoms with van der Waals surface area (Å²) in [4.78, 5) is 23.0. The minimum absolute atomic E-state index is 0.0773. The molecule has 1 unspecified atom stereocenters. The zero-order valence-electron chi connectivity index (χ0n) is 17.9. The number of fused-ring (bicyclic) bond motifs is 3. The van der Waals surface area contributed by atoms with Crippen LogP contribution >= 0.6 is 22.9 Å². The van der Waals surface area contributed by atoms with Crippen molar-refractivity contribution in [2.75, 3.05) is 24.5 Å². The number of anilines is 1. The lowest BCUT2D eigenvalue weighted by Gasteiger charge is -2.41. The fourth-order valence-electron chi connectivity index (χ4n) is 4.36. The minimum atomic E-state index is 0.0773. The van der Waals surface area contributed by atoms with Crippen molar-refractivity contribution < 1.29 is 4.79 Å². The molecule has 0 aliphatic carbocycles. The van der Waals surface area contributed by atoms with Crippen molar-refractivity contribution in [2.45, 2.75) is 26.8 Å². The molecule has 1 aliphatic rings. The third-order valence-electron chi connectivity index (χ3n) is 6.06. The first-order valence-corrected chi connectivity index (χ1v) is 11.7. The summed E-state index contributed by atoms with van der Waals surface area (Å²) < 4.78 is 1.04. The monoisotopic (exact) mass is 449 g/mol. The van der Waals surface area contributed by atoms with E-state index in [1.807, 2.05) is 23.1 Å². The second-order valence-corrected chi connectivity index (χ2v) is 9.82. The predicted octanol–water partition coefficient (Wildman–Crippen LogP) is 6.07. The van der Waals surface area contributed by atoms with Crippen LogP contribution in [0.4, 0.5) is 5.69 Å². The lowest BCUT2D eigenvalue weighted by molar-refractivity contribution is 0.0731. The van der Waals surface area contributed by atoms with Crippen LogP contribution in [-0.2, 0) is 0 Å². The number of aryl methyl sites for hydroxylation is 2. The topological polar surface area (TPSA) is 36.4 Å². The largest absolute Gasteiger partial charge is 0.365 e. The van der Waals surface area contributed by atoms with Gasteiger partial charge < -0.3 is 9.80 Å². The van der Waals surface area contributed by atoms with Gasteiger partial charge in [0.25, 0.3) is 5.91 Å². The number of carbonyl (C=O) groups excluding carboxylic acids is 1. The van der Waals surface area contributed by atoms with E-state index in [1.165, 1.54) is 28.2 Å². The third kappa shape index (κ3) is 3.66. The van der Waals surface area contributed by atoms with Gasteiger partial charge in [-0.05, 0) is 51.1 Å². The molecule has 0 spiro atoms. The van der Waals surface area contributed by atoms with E-state index in [0.717, 1.165) is 32.4 Å². The Morgan fingerprint density at radius 1 is 1.03 bits per heavy atom. The van der Waals surface area contributed by atoms with Gasteiger partial charge in [0.15, 0.2) is 0 Å². The molecule has 4 aromatic rings. The van der Waals surface area contributed by atoms with E-state index in [-0.39, 0.29) is 11.9 Å². The van der Waals surface area contributed by atoms with Gasteiger partial charge in [-0.1, -0.05) is 40.9 Å². The molecule has 1 atom stereocenters. The van der Waals surface area contributed by atoms with Gasteiger partial charge >= 0.3 is 0 Å². The van der Waals surface area contributed by atoms with Crippen LogP contribution in [0.15, 0.2) is 48.5 Å². The van der Waals surface area contributed by atoms with Gasteiger partial charge in [-0.25, -0.2) is 4.98 Å². The van der Waals surface area contributed by atoms with Crippen LogP contribution in [0.2, 0.25) is 5.15 Å². The molecular weight excluding hydrogens is 426 g/mol. The van der Waals surface area contributed by atoms with E-state index in [1.54, 1.807) is 0 Å². The molecule has 3 heterocycles. The number of benzene rings is 2. The maximum absolute atomic E-state index is 13.4. The van der Waals surface area contributed by atoms with Gasteiger partial charge in [-0.2, -0.15) is 0 Å². The van der Waals surface area contributed by atoms with Crippen LogP contribution in [0.5, 0.6) is 0 Å². The van der Waals surface area contributed by atoms with E-state index in [0.29, 0.717) is 18.2 Å². The lowest BCUT2D eigenvalue weighted by Crippen LogP contribution is -2.53. The Morgan fingerprint density at radius 3 is 2.52 bits per heavy atom. The number of hydrogen-bond donors (Lipinski definition) is 0. The highest BCUT2D eigenvalue weighted by Gasteiger charge is 2.28. The molecule has 4 nitrogen and oxygen atoms in total. The molecular formula is C25H24ClN3OS. The van der Waals surface area contributed by atoms with Crippen LogP contribution in [0, 0.1) is 13.8 Å². The van der Waals surface area contributed by atoms with E-state index in [2.05, 4.69) is 61.0 Å². The fraction of sp³-hybridized carbons (Fsp3) is 0.280. The summed E-state index contributed by atoms with van der Waals surface area (Å²) in [6, 6.07) is 16.9. The zero-order valence-corrected chi connectivity index (χ0v) is 19.4. The average Bonchev–Trinajstić information content (AvgIpc) is 3.21. The Labute approximate surface area is 191 Å². The van der Waals surface area contributed by atoms with E-state index in [9.17, 15) is 4.79 Å². The Bertz CT molecular complexity index is 1300. The number of pyridine rings is 1. The van der Waals surface area contributed by atoms with E-state index < -0.39 is 0 Å². The molecule has 6 heteroatoms. The first-order chi connectivity index (χ1) is 14.9. The second kappa shape index (κ2) is 7.81. The number of rotatable bonds is 2. The first-order valence-electron chi connectivity index (χ1n) is 10.5. The summed E-state index contributed by atoms with van der Waals surface area (Å²) in [6.07, 6.45) is 0. The minimum Gasteiger partial charge on any atom is -0.365 e. The Balaban J connectivity index is 1.43. The number of amides is 1. The lowest BCUT2D eigenvalue weighted by atomic mass is 10.1. The second-order valence-electron chi connectivity index (χ2n) is 8.41. The Hall–Kier alpha value is -2.63. The summed E-state index contributed by atoms with van der Waals surface area (Å²) in [6.45, 7) is 8.58. The number of nitrogens with zero attached hydrogens (tertiary/aromatic N) is 3. The summed E-state index contributed by atoms with van der Waals surface area (Å²) in [5.74, 6) is 0.0773. The Morgan fingerprint density at radius 2 is 1.77 bits per heavy atom. The molecule has 0 bridgehead atoms. The number of hydrogen-bond acceptors (Lipinski definition) is 4. The number of aromatic nitrogens is 1. The van der Waals surface area contributed by atoms with Crippen molar-refractivity contribution in [1.82, 2.24) is 9.88 Å². The SMILES string of the molecule is Cc1ccc(N2CCN(C(=O)c3cc4c(Cl)nc5ccc(C)cc5c4s3)CC2C)cc1. The summed E-state index contributed by atoms with van der Waals surface area (Å²) in [5, 5.41) is 2.37. The molecule has 0 radical (unpaired) electrons. The molecule has 1 fully saturated rings. The number of halogens is 1. The summed E-state index contributed by atoms with van der Waals surface area (Å²) in [5.41, 5.74) is 4.50. The maximum Gasteiger partial charge on any atom is 0.264 e. The van der Waals surface area contributed by atoms with E-state index >= 15 is 0 Å². The number of carbonyl (C=O) groups is 1. The van der Waals surface area contributed by atoms with Gasteiger partial charge in [-0.3, -0.25) is 4.79 Å². The summed E-state index contributed by atoms with van der Waals surface area (Å²) in [7, 11) is 0. The third-order valence-corrected chi connectivity index (χ3v) is 7.51. The average molecular weight is 450 g/mol. The van der Waals surface area contributed by atoms with Gasteiger partial charge in [0.1, 0.15) is 5.15 Å². The van der Waals surface area contributed by atoms with Gasteiger partial charge in [-0.15, -0.1) is 11.3 Å². The van der Waals surface area contributed by atoms with Gasteiger partial charge in [0, 0.05) is 46.8 Å². The number of piperazine rings is 1. The predicted molar refractivity (Wildman–Crippen MR) is 131 cm³/mol. The molecule has 1 aliphatic heterocycles. The van der Waals surface area contributed by atoms with Crippen LogP contribution in [0.3, 0.4) is 0 Å². The zero-order chi connectivity index (χ0) is 21.7. The molecule has 31 heavy (non-hydrogen) atoms. The maximum atomic E-state index is 13.4. The number of thiophene rings is 1. The molecule has 1 amide bonds. The highest BCUT2D eigenvalue weighted by atomic mass is 35.5. The molecule has 2 aromatic carbocycles. The molecule has 0 N–H and O–H groups in total. The molecule has 158 valence electrons. The van der Waals surface area contributed by atoms with Crippen molar-refractivity contribution in [3.8, 4) is 0 Å². The van der Waals surface area contributed by atoms with Crippen molar-refractivity contribution in [3.63, 3.8) is 0 Å². The van der Waals surface area contributed by atoms with Crippen molar-refractivity contribution in [2.24, 2.45) is 0 Å². The van der Waals surface area contributed by atoms with Crippen molar-refractivity contribution >= 4 is 55.5 Å². The fourth-order valence-corrected chi connectivity index (χ4v) is 5.81. The first kappa shape index (κ1) is 20.3. The van der Waals surface area contributed by atoms with Gasteiger partial charge in [0.2, 0.25) is 0 Å². The highest BCUT2D eigenvalue weighted by Crippen LogP contribution is 2.37. The van der Waals surface area contributed by atoms with Crippen LogP contribution in [-0.4, -0.2) is 41.5 Å². The molecule has 5 rings (SSSR count). The highest BCUT2D eigenvalue weighted by molar-refractivity contribution is 7.21. The van der Waals surface area contributed by atoms with Gasteiger partial charge in [0.05, 0.1) is 10.4 Å². The van der Waals surface area contributed by atoms with Crippen molar-refractivity contribution in [3.05, 3.63) is 69.7 Å². The molecule has 2 aromatic heterocycles. The normalized spacial score (nSPS) is 17.0. The van der Waals surface area contributed by atoms with Crippen LogP contribution in [0.25, 0.3) is 21.0 Å². The quantitative estimate of drug-likeness (QED) is 0.348. The van der Waals surface area contributed by atoms with Crippen LogP contribution in [0.1, 0.15) is 27.7 Å². The van der Waals surface area contributed by atoms with E-state index in [4.69, 9.17) is 11.6 Å². The summed E-state index contributed by atoms with van der Waals surface area (Å²) >= 11 is 7.99. The smallest absolute Gasteiger partial charge is 0.264 e. The van der Waals surface area contributed by atoms with Crippen molar-refractivity contribution in [1.29, 1.82) is 0 Å². The Kier molecular flexibility index (Phi) is 5.11. The standard InChI is InChI=1S/C25H24ClN3OS/c1-15-4-7-18(8-5-15)29-11-10-28(14-17(29)3)25(30)22-13-20-23(31-22)19-12-16(2)6-9-21(19)27-24(20)26/h4-9,12-13,17H,10-11,14H2,1-3H3. The molecule has 1 saturated heterocycles. The molecule has 0 saturated carbocycles.